The van der Waals surface area contributed by atoms with Gasteiger partial charge in [-0.2, -0.15) is 5.26 Å². The Kier molecular flexibility index (Phi) is 4.14. The first-order valence-corrected chi connectivity index (χ1v) is 6.81. The molecule has 1 heterocycles. The van der Waals surface area contributed by atoms with E-state index in [0.29, 0.717) is 0 Å². The van der Waals surface area contributed by atoms with Gasteiger partial charge in [-0.3, -0.25) is 10.1 Å². The zero-order valence-corrected chi connectivity index (χ0v) is 11.9. The zero-order chi connectivity index (χ0) is 13.8. The van der Waals surface area contributed by atoms with Gasteiger partial charge in [0, 0.05) is 20.8 Å². The van der Waals surface area contributed by atoms with Crippen LogP contribution in [0.3, 0.4) is 0 Å². The van der Waals surface area contributed by atoms with E-state index in [1.807, 2.05) is 17.5 Å². The van der Waals surface area contributed by atoms with Gasteiger partial charge in [-0.15, -0.1) is 11.3 Å². The number of benzene rings is 1. The predicted octanol–water partition coefficient (Wildman–Crippen LogP) is 3.87. The molecular weight excluding hydrogens is 332 g/mol. The van der Waals surface area contributed by atoms with Crippen molar-refractivity contribution in [3.8, 4) is 11.8 Å². The van der Waals surface area contributed by atoms with Gasteiger partial charge in [0.2, 0.25) is 0 Å². The van der Waals surface area contributed by atoms with Crippen molar-refractivity contribution in [1.29, 1.82) is 5.26 Å². The molecule has 0 spiro atoms. The van der Waals surface area contributed by atoms with Crippen molar-refractivity contribution in [1.82, 2.24) is 0 Å². The van der Waals surface area contributed by atoms with Gasteiger partial charge in [0.25, 0.3) is 0 Å². The molecule has 1 aromatic carbocycles. The van der Waals surface area contributed by atoms with Crippen molar-refractivity contribution in [2.75, 3.05) is 0 Å². The van der Waals surface area contributed by atoms with Gasteiger partial charge in [-0.05, 0) is 34.1 Å². The number of hydrogen-bond acceptors (Lipinski definition) is 5. The van der Waals surface area contributed by atoms with Crippen LogP contribution in [-0.2, 0) is 6.61 Å². The highest BCUT2D eigenvalue weighted by Gasteiger charge is 2.16. The topological polar surface area (TPSA) is 76.2 Å². The Balaban J connectivity index is 2.20. The van der Waals surface area contributed by atoms with E-state index in [1.165, 1.54) is 29.5 Å². The molecule has 0 aliphatic heterocycles. The SMILES string of the molecule is N#Cc1ccc(OCc2cc(Br)cs2)c([N+](=O)[O-])c1. The summed E-state index contributed by atoms with van der Waals surface area (Å²) in [6.45, 7) is 0.253. The van der Waals surface area contributed by atoms with Crippen LogP contribution in [0.4, 0.5) is 5.69 Å². The van der Waals surface area contributed by atoms with E-state index in [9.17, 15) is 10.1 Å². The van der Waals surface area contributed by atoms with E-state index >= 15 is 0 Å². The van der Waals surface area contributed by atoms with Crippen LogP contribution < -0.4 is 4.74 Å². The first-order chi connectivity index (χ1) is 9.10. The minimum Gasteiger partial charge on any atom is -0.481 e. The minimum atomic E-state index is -0.555. The summed E-state index contributed by atoms with van der Waals surface area (Å²) in [7, 11) is 0. The summed E-state index contributed by atoms with van der Waals surface area (Å²) in [6, 6.07) is 7.90. The number of rotatable bonds is 4. The maximum absolute atomic E-state index is 10.9. The van der Waals surface area contributed by atoms with Crippen LogP contribution in [0.15, 0.2) is 34.1 Å². The molecule has 19 heavy (non-hydrogen) atoms. The maximum atomic E-state index is 10.9. The lowest BCUT2D eigenvalue weighted by atomic mass is 10.2. The standard InChI is InChI=1S/C12H7BrN2O3S/c13-9-4-10(19-7-9)6-18-12-2-1-8(5-14)3-11(12)15(16)17/h1-4,7H,6H2. The predicted molar refractivity (Wildman–Crippen MR) is 74.2 cm³/mol. The van der Waals surface area contributed by atoms with Crippen LogP contribution >= 0.6 is 27.3 Å². The Hall–Kier alpha value is -1.91. The normalized spacial score (nSPS) is 9.89. The first-order valence-electron chi connectivity index (χ1n) is 5.14. The smallest absolute Gasteiger partial charge is 0.312 e. The van der Waals surface area contributed by atoms with E-state index in [2.05, 4.69) is 15.9 Å². The number of nitro groups is 1. The monoisotopic (exact) mass is 338 g/mol. The Morgan fingerprint density at radius 1 is 1.47 bits per heavy atom. The average molecular weight is 339 g/mol. The number of thiophene rings is 1. The Bertz CT molecular complexity index is 663. The van der Waals surface area contributed by atoms with E-state index in [1.54, 1.807) is 0 Å². The second-order valence-electron chi connectivity index (χ2n) is 3.57. The molecule has 0 aliphatic carbocycles. The Morgan fingerprint density at radius 2 is 2.26 bits per heavy atom. The molecule has 0 saturated carbocycles. The number of hydrogen-bond donors (Lipinski definition) is 0. The van der Waals surface area contributed by atoms with Crippen molar-refractivity contribution in [3.63, 3.8) is 0 Å². The molecule has 0 N–H and O–H groups in total. The molecule has 2 aromatic rings. The van der Waals surface area contributed by atoms with Crippen molar-refractivity contribution in [2.45, 2.75) is 6.61 Å². The molecule has 7 heteroatoms. The highest BCUT2D eigenvalue weighted by atomic mass is 79.9. The maximum Gasteiger partial charge on any atom is 0.312 e. The summed E-state index contributed by atoms with van der Waals surface area (Å²) < 4.78 is 6.39. The third-order valence-corrected chi connectivity index (χ3v) is 3.95. The lowest BCUT2D eigenvalue weighted by molar-refractivity contribution is -0.386. The van der Waals surface area contributed by atoms with Crippen LogP contribution in [0.2, 0.25) is 0 Å². The second kappa shape index (κ2) is 5.82. The van der Waals surface area contributed by atoms with Gasteiger partial charge in [0.15, 0.2) is 5.75 Å². The van der Waals surface area contributed by atoms with Crippen LogP contribution in [0.5, 0.6) is 5.75 Å². The molecular formula is C12H7BrN2O3S. The van der Waals surface area contributed by atoms with E-state index in [0.717, 1.165) is 9.35 Å². The molecule has 0 fully saturated rings. The molecule has 0 atom stereocenters. The first kappa shape index (κ1) is 13.5. The second-order valence-corrected chi connectivity index (χ2v) is 5.48. The number of halogens is 1. The van der Waals surface area contributed by atoms with Crippen LogP contribution in [0.25, 0.3) is 0 Å². The summed E-state index contributed by atoms with van der Waals surface area (Å²) in [5.74, 6) is 0.161. The third-order valence-electron chi connectivity index (χ3n) is 2.28. The highest BCUT2D eigenvalue weighted by Crippen LogP contribution is 2.29. The molecule has 5 nitrogen and oxygen atoms in total. The molecule has 0 bridgehead atoms. The Labute approximate surface area is 121 Å². The average Bonchev–Trinajstić information content (AvgIpc) is 2.82. The molecule has 2 rings (SSSR count). The number of ether oxygens (including phenoxy) is 1. The van der Waals surface area contributed by atoms with E-state index < -0.39 is 4.92 Å². The molecule has 1 aromatic heterocycles. The summed E-state index contributed by atoms with van der Waals surface area (Å²) in [6.07, 6.45) is 0. The Morgan fingerprint density at radius 3 is 2.84 bits per heavy atom. The van der Waals surface area contributed by atoms with Crippen molar-refractivity contribution >= 4 is 33.0 Å². The molecule has 0 amide bonds. The van der Waals surface area contributed by atoms with Crippen LogP contribution in [-0.4, -0.2) is 4.92 Å². The molecule has 0 saturated heterocycles. The lowest BCUT2D eigenvalue weighted by Crippen LogP contribution is -1.98. The summed E-state index contributed by atoms with van der Waals surface area (Å²) in [5, 5.41) is 21.6. The van der Waals surface area contributed by atoms with E-state index in [-0.39, 0.29) is 23.6 Å². The largest absolute Gasteiger partial charge is 0.481 e. The van der Waals surface area contributed by atoms with Gasteiger partial charge in [-0.1, -0.05) is 0 Å². The van der Waals surface area contributed by atoms with Gasteiger partial charge in [0.1, 0.15) is 6.61 Å². The van der Waals surface area contributed by atoms with Gasteiger partial charge < -0.3 is 4.74 Å². The van der Waals surface area contributed by atoms with Gasteiger partial charge >= 0.3 is 5.69 Å². The fraction of sp³-hybridized carbons (Fsp3) is 0.0833. The summed E-state index contributed by atoms with van der Waals surface area (Å²) in [5.41, 5.74) is 0.0348. The quantitative estimate of drug-likeness (QED) is 0.626. The molecule has 0 radical (unpaired) electrons. The molecule has 0 unspecified atom stereocenters. The zero-order valence-electron chi connectivity index (χ0n) is 9.50. The highest BCUT2D eigenvalue weighted by molar-refractivity contribution is 9.10. The minimum absolute atomic E-state index is 0.161. The van der Waals surface area contributed by atoms with Crippen molar-refractivity contribution in [2.24, 2.45) is 0 Å². The number of nitro benzene ring substituents is 1. The number of nitriles is 1. The molecule has 96 valence electrons. The van der Waals surface area contributed by atoms with E-state index in [4.69, 9.17) is 10.00 Å². The number of nitrogens with zero attached hydrogens (tertiary/aromatic N) is 2. The van der Waals surface area contributed by atoms with Crippen LogP contribution in [0, 0.1) is 21.4 Å². The van der Waals surface area contributed by atoms with Crippen molar-refractivity contribution < 1.29 is 9.66 Å². The summed E-state index contributed by atoms with van der Waals surface area (Å²) in [4.78, 5) is 11.3. The fourth-order valence-corrected chi connectivity index (χ4v) is 2.79. The van der Waals surface area contributed by atoms with Gasteiger partial charge in [0.05, 0.1) is 16.6 Å². The van der Waals surface area contributed by atoms with Gasteiger partial charge in [-0.25, -0.2) is 0 Å². The molecule has 0 aliphatic rings. The van der Waals surface area contributed by atoms with Crippen molar-refractivity contribution in [3.05, 3.63) is 54.7 Å². The third kappa shape index (κ3) is 3.30. The fourth-order valence-electron chi connectivity index (χ4n) is 1.43. The lowest BCUT2D eigenvalue weighted by Gasteiger charge is -2.05. The summed E-state index contributed by atoms with van der Waals surface area (Å²) >= 11 is 4.82. The van der Waals surface area contributed by atoms with Crippen LogP contribution in [0.1, 0.15) is 10.4 Å².